The third-order valence-corrected chi connectivity index (χ3v) is 3.36. The molecule has 0 aliphatic carbocycles. The van der Waals surface area contributed by atoms with Crippen LogP contribution in [0.15, 0.2) is 29.0 Å². The molecule has 0 unspecified atom stereocenters. The maximum Gasteiger partial charge on any atom is 0.112 e. The first-order chi connectivity index (χ1) is 8.05. The lowest BCUT2D eigenvalue weighted by atomic mass is 9.96. The van der Waals surface area contributed by atoms with Gasteiger partial charge in [-0.25, -0.2) is 0 Å². The van der Waals surface area contributed by atoms with Crippen LogP contribution in [-0.2, 0) is 0 Å². The third kappa shape index (κ3) is 1.89. The van der Waals surface area contributed by atoms with Gasteiger partial charge >= 0.3 is 0 Å². The van der Waals surface area contributed by atoms with Crippen molar-refractivity contribution in [2.45, 2.75) is 12.5 Å². The molecule has 0 bridgehead atoms. The van der Waals surface area contributed by atoms with Crippen molar-refractivity contribution in [1.29, 1.82) is 0 Å². The monoisotopic (exact) mass is 293 g/mol. The van der Waals surface area contributed by atoms with Crippen molar-refractivity contribution in [2.75, 3.05) is 18.0 Å². The number of nitrogens with zero attached hydrogens (tertiary/aromatic N) is 3. The topological polar surface area (TPSA) is 49.2 Å². The second-order valence-corrected chi connectivity index (χ2v) is 5.62. The number of rotatable bonds is 1. The van der Waals surface area contributed by atoms with E-state index in [2.05, 4.69) is 30.8 Å². The molecule has 4 nitrogen and oxygen atoms in total. The third-order valence-electron chi connectivity index (χ3n) is 2.93. The number of anilines is 1. The van der Waals surface area contributed by atoms with Crippen LogP contribution in [0.3, 0.4) is 0 Å². The number of β-amino-alcohol motifs (C(OH)–C–C–N with tert-alkyl or cyclic N) is 1. The van der Waals surface area contributed by atoms with E-state index in [4.69, 9.17) is 0 Å². The fourth-order valence-electron chi connectivity index (χ4n) is 2.19. The van der Waals surface area contributed by atoms with Crippen LogP contribution in [0.2, 0.25) is 0 Å². The number of aromatic nitrogens is 2. The first-order valence-corrected chi connectivity index (χ1v) is 6.22. The van der Waals surface area contributed by atoms with Crippen LogP contribution in [0.25, 0.3) is 11.0 Å². The maximum absolute atomic E-state index is 9.78. The van der Waals surface area contributed by atoms with Gasteiger partial charge < -0.3 is 10.0 Å². The largest absolute Gasteiger partial charge is 0.386 e. The smallest absolute Gasteiger partial charge is 0.112 e. The van der Waals surface area contributed by atoms with Crippen LogP contribution in [0.4, 0.5) is 5.69 Å². The van der Waals surface area contributed by atoms with Crippen LogP contribution >= 0.6 is 15.9 Å². The fourth-order valence-corrected chi connectivity index (χ4v) is 2.51. The van der Waals surface area contributed by atoms with E-state index >= 15 is 0 Å². The molecule has 1 saturated heterocycles. The van der Waals surface area contributed by atoms with Gasteiger partial charge in [-0.15, -0.1) is 0 Å². The van der Waals surface area contributed by atoms with Crippen molar-refractivity contribution in [3.05, 3.63) is 29.0 Å². The van der Waals surface area contributed by atoms with Crippen LogP contribution < -0.4 is 4.90 Å². The van der Waals surface area contributed by atoms with Crippen LogP contribution in [-0.4, -0.2) is 33.8 Å². The molecule has 2 aromatic rings. The summed E-state index contributed by atoms with van der Waals surface area (Å²) in [5.41, 5.74) is 2.20. The molecule has 17 heavy (non-hydrogen) atoms. The second kappa shape index (κ2) is 3.65. The van der Waals surface area contributed by atoms with Crippen LogP contribution in [0, 0.1) is 0 Å². The highest BCUT2D eigenvalue weighted by Gasteiger charge is 2.37. The van der Waals surface area contributed by atoms with E-state index in [0.29, 0.717) is 13.1 Å². The molecule has 0 aromatic carbocycles. The number of fused-ring (bicyclic) bond motifs is 1. The Balaban J connectivity index is 2.06. The van der Waals surface area contributed by atoms with Gasteiger partial charge in [-0.2, -0.15) is 0 Å². The Morgan fingerprint density at radius 3 is 2.88 bits per heavy atom. The molecular weight excluding hydrogens is 282 g/mol. The summed E-state index contributed by atoms with van der Waals surface area (Å²) in [5, 5.41) is 9.78. The number of aliphatic hydroxyl groups is 1. The van der Waals surface area contributed by atoms with Crippen LogP contribution in [0.5, 0.6) is 0 Å². The molecule has 3 heterocycles. The normalized spacial score (nSPS) is 18.2. The lowest BCUT2D eigenvalue weighted by molar-refractivity contribution is 0.0312. The zero-order valence-electron chi connectivity index (χ0n) is 9.39. The van der Waals surface area contributed by atoms with Gasteiger partial charge in [-0.3, -0.25) is 9.97 Å². The molecule has 0 radical (unpaired) electrons. The molecule has 0 atom stereocenters. The Kier molecular flexibility index (Phi) is 2.34. The predicted molar refractivity (Wildman–Crippen MR) is 70.1 cm³/mol. The van der Waals surface area contributed by atoms with Gasteiger partial charge in [0.15, 0.2) is 0 Å². The van der Waals surface area contributed by atoms with Gasteiger partial charge in [0.05, 0.1) is 16.8 Å². The molecule has 0 amide bonds. The molecule has 1 N–H and O–H groups in total. The molecule has 2 aromatic heterocycles. The Bertz CT molecular complexity index is 577. The van der Waals surface area contributed by atoms with Crippen molar-refractivity contribution in [1.82, 2.24) is 9.97 Å². The lowest BCUT2D eigenvalue weighted by Crippen LogP contribution is -2.60. The number of hydrogen-bond donors (Lipinski definition) is 1. The van der Waals surface area contributed by atoms with E-state index in [1.54, 1.807) is 12.4 Å². The molecular formula is C12H12BrN3O. The minimum Gasteiger partial charge on any atom is -0.386 e. The Hall–Kier alpha value is -1.20. The summed E-state index contributed by atoms with van der Waals surface area (Å²) in [7, 11) is 0. The van der Waals surface area contributed by atoms with E-state index in [1.807, 2.05) is 19.1 Å². The van der Waals surface area contributed by atoms with Gasteiger partial charge in [-0.1, -0.05) is 0 Å². The summed E-state index contributed by atoms with van der Waals surface area (Å²) < 4.78 is 0.922. The van der Waals surface area contributed by atoms with E-state index in [1.165, 1.54) is 0 Å². The number of hydrogen-bond acceptors (Lipinski definition) is 4. The van der Waals surface area contributed by atoms with Gasteiger partial charge in [0.1, 0.15) is 5.52 Å². The van der Waals surface area contributed by atoms with E-state index in [-0.39, 0.29) is 0 Å². The highest BCUT2D eigenvalue weighted by molar-refractivity contribution is 9.10. The summed E-state index contributed by atoms with van der Waals surface area (Å²) >= 11 is 3.39. The highest BCUT2D eigenvalue weighted by Crippen LogP contribution is 2.31. The first-order valence-electron chi connectivity index (χ1n) is 5.43. The summed E-state index contributed by atoms with van der Waals surface area (Å²) in [6.45, 7) is 3.13. The summed E-state index contributed by atoms with van der Waals surface area (Å²) in [6, 6.07) is 3.89. The van der Waals surface area contributed by atoms with Crippen molar-refractivity contribution >= 4 is 32.7 Å². The summed E-state index contributed by atoms with van der Waals surface area (Å²) in [4.78, 5) is 10.8. The van der Waals surface area contributed by atoms with Crippen molar-refractivity contribution in [3.8, 4) is 0 Å². The number of pyridine rings is 2. The van der Waals surface area contributed by atoms with Crippen molar-refractivity contribution in [2.24, 2.45) is 0 Å². The van der Waals surface area contributed by atoms with Gasteiger partial charge in [0.25, 0.3) is 0 Å². The predicted octanol–water partition coefficient (Wildman–Crippen LogP) is 1.96. The standard InChI is InChI=1S/C12H12BrN3O/c1-12(17)6-16(7-12)10-2-3-14-9-4-8(13)5-15-11(9)10/h2-5,17H,6-7H2,1H3. The minimum absolute atomic E-state index is 0.578. The van der Waals surface area contributed by atoms with Gasteiger partial charge in [-0.05, 0) is 35.0 Å². The minimum atomic E-state index is -0.578. The van der Waals surface area contributed by atoms with Gasteiger partial charge in [0.2, 0.25) is 0 Å². The molecule has 0 spiro atoms. The molecule has 1 fully saturated rings. The SMILES string of the molecule is CC1(O)CN(c2ccnc3cc(Br)cnc23)C1. The molecule has 0 saturated carbocycles. The Morgan fingerprint density at radius 1 is 1.41 bits per heavy atom. The van der Waals surface area contributed by atoms with Crippen molar-refractivity contribution < 1.29 is 5.11 Å². The quantitative estimate of drug-likeness (QED) is 0.873. The number of halogens is 1. The average molecular weight is 294 g/mol. The van der Waals surface area contributed by atoms with E-state index < -0.39 is 5.60 Å². The lowest BCUT2D eigenvalue weighted by Gasteiger charge is -2.45. The molecule has 3 rings (SSSR count). The molecule has 5 heteroatoms. The fraction of sp³-hybridized carbons (Fsp3) is 0.333. The second-order valence-electron chi connectivity index (χ2n) is 4.70. The van der Waals surface area contributed by atoms with Crippen LogP contribution in [0.1, 0.15) is 6.92 Å². The van der Waals surface area contributed by atoms with E-state index in [0.717, 1.165) is 21.2 Å². The summed E-state index contributed by atoms with van der Waals surface area (Å²) in [6.07, 6.45) is 3.55. The average Bonchev–Trinajstić information content (AvgIpc) is 2.24. The maximum atomic E-state index is 9.78. The molecule has 1 aliphatic heterocycles. The molecule has 1 aliphatic rings. The Morgan fingerprint density at radius 2 is 2.18 bits per heavy atom. The molecule has 88 valence electrons. The van der Waals surface area contributed by atoms with Gasteiger partial charge in [0, 0.05) is 30.0 Å². The highest BCUT2D eigenvalue weighted by atomic mass is 79.9. The first kappa shape index (κ1) is 10.9. The van der Waals surface area contributed by atoms with Crippen molar-refractivity contribution in [3.63, 3.8) is 0 Å². The Labute approximate surface area is 107 Å². The summed E-state index contributed by atoms with van der Waals surface area (Å²) in [5.74, 6) is 0. The zero-order valence-corrected chi connectivity index (χ0v) is 11.0. The van der Waals surface area contributed by atoms with E-state index in [9.17, 15) is 5.11 Å². The zero-order chi connectivity index (χ0) is 12.0.